The Morgan fingerprint density at radius 2 is 1.91 bits per heavy atom. The van der Waals surface area contributed by atoms with Crippen molar-refractivity contribution in [1.82, 2.24) is 4.98 Å². The van der Waals surface area contributed by atoms with Crippen molar-refractivity contribution in [2.24, 2.45) is 0 Å². The molecule has 5 nitrogen and oxygen atoms in total. The van der Waals surface area contributed by atoms with Crippen LogP contribution in [-0.4, -0.2) is 20.0 Å². The van der Waals surface area contributed by atoms with Gasteiger partial charge in [-0.15, -0.1) is 11.3 Å². The zero-order valence-corrected chi connectivity index (χ0v) is 14.4. The van der Waals surface area contributed by atoms with Crippen LogP contribution in [0.3, 0.4) is 0 Å². The number of rotatable bonds is 5. The lowest BCUT2D eigenvalue weighted by Gasteiger charge is -2.09. The highest BCUT2D eigenvalue weighted by Gasteiger charge is 2.15. The summed E-state index contributed by atoms with van der Waals surface area (Å²) in [6, 6.07) is 11.7. The summed E-state index contributed by atoms with van der Waals surface area (Å²) in [6.45, 7) is 4.34. The summed E-state index contributed by atoms with van der Waals surface area (Å²) in [5.74, 6) is 0.644. The molecule has 2 aromatic carbocycles. The van der Waals surface area contributed by atoms with E-state index in [1.54, 1.807) is 35.6 Å². The number of aryl methyl sites for hydroxylation is 1. The maximum absolute atomic E-state index is 12.4. The molecule has 23 heavy (non-hydrogen) atoms. The number of hydrogen-bond donors (Lipinski definition) is 1. The zero-order valence-electron chi connectivity index (χ0n) is 12.7. The quantitative estimate of drug-likeness (QED) is 0.761. The molecule has 3 rings (SSSR count). The lowest BCUT2D eigenvalue weighted by molar-refractivity contribution is 0.340. The predicted molar refractivity (Wildman–Crippen MR) is 92.8 cm³/mol. The number of thiazole rings is 1. The van der Waals surface area contributed by atoms with Crippen LogP contribution in [0.4, 0.5) is 5.69 Å². The van der Waals surface area contributed by atoms with Crippen molar-refractivity contribution in [2.45, 2.75) is 18.7 Å². The van der Waals surface area contributed by atoms with Gasteiger partial charge in [0.05, 0.1) is 32.4 Å². The van der Waals surface area contributed by atoms with Gasteiger partial charge < -0.3 is 4.74 Å². The first kappa shape index (κ1) is 15.8. The second-order valence-corrected chi connectivity index (χ2v) is 7.84. The van der Waals surface area contributed by atoms with Crippen LogP contribution in [-0.2, 0) is 10.0 Å². The molecule has 0 amide bonds. The molecule has 0 radical (unpaired) electrons. The van der Waals surface area contributed by atoms with Crippen molar-refractivity contribution in [3.05, 3.63) is 47.5 Å². The number of nitrogens with zero attached hydrogens (tertiary/aromatic N) is 1. The fraction of sp³-hybridized carbons (Fsp3) is 0.188. The molecule has 0 aliphatic carbocycles. The summed E-state index contributed by atoms with van der Waals surface area (Å²) in [4.78, 5) is 4.57. The lowest BCUT2D eigenvalue weighted by Crippen LogP contribution is -2.12. The second kappa shape index (κ2) is 6.17. The van der Waals surface area contributed by atoms with Gasteiger partial charge in [-0.1, -0.05) is 0 Å². The molecule has 0 unspecified atom stereocenters. The number of anilines is 1. The van der Waals surface area contributed by atoms with E-state index in [1.165, 1.54) is 12.1 Å². The minimum atomic E-state index is -3.64. The molecular formula is C16H16N2O3S2. The third-order valence-corrected chi connectivity index (χ3v) is 5.54. The Balaban J connectivity index is 1.86. The number of benzene rings is 2. The molecule has 0 atom stereocenters. The van der Waals surface area contributed by atoms with Crippen molar-refractivity contribution in [1.29, 1.82) is 0 Å². The molecule has 120 valence electrons. The highest BCUT2D eigenvalue weighted by atomic mass is 32.2. The standard InChI is InChI=1S/C16H16N2O3S2/c1-3-21-13-5-7-14(8-6-13)23(19,20)18-12-4-9-16-15(10-12)17-11(2)22-16/h4-10,18H,3H2,1-2H3. The molecule has 1 aromatic heterocycles. The molecule has 7 heteroatoms. The second-order valence-electron chi connectivity index (χ2n) is 4.93. The summed E-state index contributed by atoms with van der Waals surface area (Å²) < 4.78 is 33.8. The first-order valence-corrected chi connectivity index (χ1v) is 9.41. The summed E-state index contributed by atoms with van der Waals surface area (Å²) in [7, 11) is -3.64. The Morgan fingerprint density at radius 3 is 2.61 bits per heavy atom. The van der Waals surface area contributed by atoms with E-state index in [4.69, 9.17) is 4.74 Å². The molecule has 0 aliphatic rings. The Hall–Kier alpha value is -2.12. The van der Waals surface area contributed by atoms with Crippen LogP contribution in [0.1, 0.15) is 11.9 Å². The lowest BCUT2D eigenvalue weighted by atomic mass is 10.3. The van der Waals surface area contributed by atoms with Gasteiger partial charge in [0.2, 0.25) is 0 Å². The van der Waals surface area contributed by atoms with Crippen molar-refractivity contribution < 1.29 is 13.2 Å². The van der Waals surface area contributed by atoms with Crippen LogP contribution in [0.15, 0.2) is 47.4 Å². The van der Waals surface area contributed by atoms with Crippen molar-refractivity contribution in [2.75, 3.05) is 11.3 Å². The van der Waals surface area contributed by atoms with E-state index in [0.29, 0.717) is 18.0 Å². The third kappa shape index (κ3) is 3.46. The summed E-state index contributed by atoms with van der Waals surface area (Å²) in [6.07, 6.45) is 0. The van der Waals surface area contributed by atoms with Crippen molar-refractivity contribution in [3.63, 3.8) is 0 Å². The molecule has 0 bridgehead atoms. The van der Waals surface area contributed by atoms with Gasteiger partial charge in [0.15, 0.2) is 0 Å². The molecule has 0 saturated carbocycles. The molecule has 3 aromatic rings. The van der Waals surface area contributed by atoms with E-state index < -0.39 is 10.0 Å². The van der Waals surface area contributed by atoms with Gasteiger partial charge in [0.25, 0.3) is 10.0 Å². The number of fused-ring (bicyclic) bond motifs is 1. The average molecular weight is 348 g/mol. The first-order chi connectivity index (χ1) is 11.0. The van der Waals surface area contributed by atoms with Crippen LogP contribution in [0, 0.1) is 6.92 Å². The van der Waals surface area contributed by atoms with Crippen LogP contribution in [0.25, 0.3) is 10.2 Å². The number of aromatic nitrogens is 1. The molecule has 0 aliphatic heterocycles. The van der Waals surface area contributed by atoms with Gasteiger partial charge >= 0.3 is 0 Å². The van der Waals surface area contributed by atoms with E-state index in [0.717, 1.165) is 15.2 Å². The van der Waals surface area contributed by atoms with Gasteiger partial charge in [0.1, 0.15) is 5.75 Å². The minimum absolute atomic E-state index is 0.190. The summed E-state index contributed by atoms with van der Waals surface area (Å²) in [5, 5.41) is 0.950. The Labute approximate surface area is 139 Å². The van der Waals surface area contributed by atoms with E-state index in [2.05, 4.69) is 9.71 Å². The van der Waals surface area contributed by atoms with Gasteiger partial charge in [-0.25, -0.2) is 13.4 Å². The Kier molecular flexibility index (Phi) is 4.23. The SMILES string of the molecule is CCOc1ccc(S(=O)(=O)Nc2ccc3sc(C)nc3c2)cc1. The Morgan fingerprint density at radius 1 is 1.17 bits per heavy atom. The zero-order chi connectivity index (χ0) is 16.4. The highest BCUT2D eigenvalue weighted by molar-refractivity contribution is 7.92. The van der Waals surface area contributed by atoms with E-state index in [-0.39, 0.29) is 4.90 Å². The minimum Gasteiger partial charge on any atom is -0.494 e. The number of hydrogen-bond acceptors (Lipinski definition) is 5. The van der Waals surface area contributed by atoms with E-state index in [9.17, 15) is 8.42 Å². The molecule has 0 saturated heterocycles. The number of sulfonamides is 1. The van der Waals surface area contributed by atoms with Crippen LogP contribution >= 0.6 is 11.3 Å². The van der Waals surface area contributed by atoms with Crippen LogP contribution < -0.4 is 9.46 Å². The van der Waals surface area contributed by atoms with Gasteiger partial charge in [-0.3, -0.25) is 4.72 Å². The first-order valence-electron chi connectivity index (χ1n) is 7.11. The monoisotopic (exact) mass is 348 g/mol. The maximum Gasteiger partial charge on any atom is 0.261 e. The maximum atomic E-state index is 12.4. The fourth-order valence-electron chi connectivity index (χ4n) is 2.20. The smallest absolute Gasteiger partial charge is 0.261 e. The van der Waals surface area contributed by atoms with Crippen molar-refractivity contribution >= 4 is 37.3 Å². The van der Waals surface area contributed by atoms with Crippen LogP contribution in [0.2, 0.25) is 0 Å². The van der Waals surface area contributed by atoms with Crippen molar-refractivity contribution in [3.8, 4) is 5.75 Å². The highest BCUT2D eigenvalue weighted by Crippen LogP contribution is 2.26. The fourth-order valence-corrected chi connectivity index (χ4v) is 4.06. The number of nitrogens with one attached hydrogen (secondary N) is 1. The predicted octanol–water partition coefficient (Wildman–Crippen LogP) is 3.80. The summed E-state index contributed by atoms with van der Waals surface area (Å²) >= 11 is 1.58. The largest absolute Gasteiger partial charge is 0.494 e. The van der Waals surface area contributed by atoms with Gasteiger partial charge in [-0.05, 0) is 56.3 Å². The van der Waals surface area contributed by atoms with E-state index in [1.807, 2.05) is 19.9 Å². The van der Waals surface area contributed by atoms with Crippen LogP contribution in [0.5, 0.6) is 5.75 Å². The normalized spacial score (nSPS) is 11.6. The molecule has 0 fully saturated rings. The molecule has 1 N–H and O–H groups in total. The van der Waals surface area contributed by atoms with Gasteiger partial charge in [-0.2, -0.15) is 0 Å². The third-order valence-electron chi connectivity index (χ3n) is 3.19. The average Bonchev–Trinajstić information content (AvgIpc) is 2.87. The molecular weight excluding hydrogens is 332 g/mol. The topological polar surface area (TPSA) is 68.3 Å². The van der Waals surface area contributed by atoms with E-state index >= 15 is 0 Å². The molecule has 1 heterocycles. The van der Waals surface area contributed by atoms with Gasteiger partial charge in [0, 0.05) is 0 Å². The molecule has 0 spiro atoms. The number of ether oxygens (including phenoxy) is 1. The summed E-state index contributed by atoms with van der Waals surface area (Å²) in [5.41, 5.74) is 1.29. The Bertz CT molecular complexity index is 932.